The number of ketones is 2. The second-order valence-electron chi connectivity index (χ2n) is 10.4. The van der Waals surface area contributed by atoms with Crippen molar-refractivity contribution in [3.05, 3.63) is 69.3 Å². The van der Waals surface area contributed by atoms with Gasteiger partial charge in [-0.15, -0.1) is 0 Å². The number of benzene rings is 3. The second kappa shape index (κ2) is 9.93. The predicted octanol–water partition coefficient (Wildman–Crippen LogP) is 5.24. The van der Waals surface area contributed by atoms with Crippen LogP contribution < -0.4 is 4.74 Å². The molecule has 1 aliphatic rings. The molecular formula is C30H32O8. The van der Waals surface area contributed by atoms with Gasteiger partial charge in [0.05, 0.1) is 0 Å². The van der Waals surface area contributed by atoms with Crippen LogP contribution in [0.15, 0.2) is 30.3 Å². The lowest BCUT2D eigenvalue weighted by Crippen LogP contribution is -2.33. The fourth-order valence-corrected chi connectivity index (χ4v) is 4.94. The summed E-state index contributed by atoms with van der Waals surface area (Å²) in [5, 5.41) is 54.4. The van der Waals surface area contributed by atoms with Crippen LogP contribution in [-0.4, -0.2) is 42.7 Å². The van der Waals surface area contributed by atoms with E-state index in [1.54, 1.807) is 0 Å². The Kier molecular flexibility index (Phi) is 7.02. The molecule has 0 bridgehead atoms. The molecule has 3 aromatic carbocycles. The van der Waals surface area contributed by atoms with Crippen molar-refractivity contribution in [2.45, 2.75) is 65.4 Å². The van der Waals surface area contributed by atoms with Crippen molar-refractivity contribution in [3.8, 4) is 34.5 Å². The van der Waals surface area contributed by atoms with Crippen molar-refractivity contribution in [2.24, 2.45) is 0 Å². The molecule has 200 valence electrons. The quantitative estimate of drug-likeness (QED) is 0.266. The van der Waals surface area contributed by atoms with Crippen LogP contribution in [0.3, 0.4) is 0 Å². The van der Waals surface area contributed by atoms with Crippen LogP contribution >= 0.6 is 0 Å². The van der Waals surface area contributed by atoms with Crippen molar-refractivity contribution in [1.29, 1.82) is 0 Å². The predicted molar refractivity (Wildman–Crippen MR) is 141 cm³/mol. The second-order valence-corrected chi connectivity index (χ2v) is 10.4. The Morgan fingerprint density at radius 1 is 0.868 bits per heavy atom. The lowest BCUT2D eigenvalue weighted by atomic mass is 9.85. The zero-order valence-electron chi connectivity index (χ0n) is 21.9. The first-order valence-corrected chi connectivity index (χ1v) is 12.5. The van der Waals surface area contributed by atoms with Gasteiger partial charge in [0, 0.05) is 35.1 Å². The van der Waals surface area contributed by atoms with Crippen molar-refractivity contribution >= 4 is 11.6 Å². The SMILES string of the molecule is CC(=O)c1c(O)c(C)c(O)c(Cc2c(O)c3c(c(C(=O)CCc4ccccc4)c2O)OC(C)(C)CC3)c1O. The maximum atomic E-state index is 13.5. The molecule has 5 N–H and O–H groups in total. The van der Waals surface area contributed by atoms with E-state index in [0.29, 0.717) is 24.8 Å². The first-order valence-electron chi connectivity index (χ1n) is 12.5. The minimum atomic E-state index is -0.663. The molecule has 1 aliphatic heterocycles. The number of aromatic hydroxyl groups is 5. The standard InChI is InChI=1S/C30H32O8/c1-15-24(33)19(27(36)22(16(2)31)25(15)34)14-20-26(35)18-12-13-30(3,4)38-29(18)23(28(20)37)21(32)11-10-17-8-6-5-7-9-17/h5-9,33-37H,10-14H2,1-4H3. The van der Waals surface area contributed by atoms with Gasteiger partial charge in [0.15, 0.2) is 11.6 Å². The summed E-state index contributed by atoms with van der Waals surface area (Å²) in [7, 11) is 0. The Morgan fingerprint density at radius 3 is 2.11 bits per heavy atom. The maximum Gasteiger partial charge on any atom is 0.170 e. The van der Waals surface area contributed by atoms with Crippen molar-refractivity contribution < 1.29 is 39.9 Å². The van der Waals surface area contributed by atoms with E-state index in [4.69, 9.17) is 4.74 Å². The lowest BCUT2D eigenvalue weighted by molar-refractivity contribution is 0.0787. The molecule has 38 heavy (non-hydrogen) atoms. The summed E-state index contributed by atoms with van der Waals surface area (Å²) in [6.45, 7) is 6.25. The molecule has 0 amide bonds. The van der Waals surface area contributed by atoms with Crippen LogP contribution in [0.25, 0.3) is 0 Å². The van der Waals surface area contributed by atoms with Crippen molar-refractivity contribution in [3.63, 3.8) is 0 Å². The largest absolute Gasteiger partial charge is 0.507 e. The number of phenols is 5. The molecule has 3 aromatic rings. The molecule has 0 aromatic heterocycles. The molecule has 0 saturated heterocycles. The highest BCUT2D eigenvalue weighted by Gasteiger charge is 2.36. The van der Waals surface area contributed by atoms with Gasteiger partial charge in [0.1, 0.15) is 51.2 Å². The molecular weight excluding hydrogens is 488 g/mol. The number of Topliss-reactive ketones (excluding diaryl/α,β-unsaturated/α-hetero) is 2. The number of ether oxygens (including phenoxy) is 1. The molecule has 0 spiro atoms. The van der Waals surface area contributed by atoms with Gasteiger partial charge in [-0.3, -0.25) is 9.59 Å². The fourth-order valence-electron chi connectivity index (χ4n) is 4.94. The van der Waals surface area contributed by atoms with E-state index in [0.717, 1.165) is 12.5 Å². The molecule has 0 radical (unpaired) electrons. The summed E-state index contributed by atoms with van der Waals surface area (Å²) in [6.07, 6.45) is 0.992. The Hall–Kier alpha value is -4.20. The summed E-state index contributed by atoms with van der Waals surface area (Å²) < 4.78 is 6.11. The average molecular weight is 521 g/mol. The molecule has 1 heterocycles. The normalized spacial score (nSPS) is 14.0. The first-order chi connectivity index (χ1) is 17.8. The third-order valence-electron chi connectivity index (χ3n) is 7.17. The van der Waals surface area contributed by atoms with Crippen molar-refractivity contribution in [1.82, 2.24) is 0 Å². The van der Waals surface area contributed by atoms with E-state index >= 15 is 0 Å². The number of carbonyl (C=O) groups is 2. The topological polar surface area (TPSA) is 145 Å². The van der Waals surface area contributed by atoms with Gasteiger partial charge < -0.3 is 30.3 Å². The number of fused-ring (bicyclic) bond motifs is 1. The number of hydrogen-bond acceptors (Lipinski definition) is 8. The summed E-state index contributed by atoms with van der Waals surface area (Å²) in [6, 6.07) is 9.42. The first kappa shape index (κ1) is 26.9. The number of carbonyl (C=O) groups excluding carboxylic acids is 2. The zero-order valence-corrected chi connectivity index (χ0v) is 21.9. The minimum Gasteiger partial charge on any atom is -0.507 e. The van der Waals surface area contributed by atoms with Gasteiger partial charge in [0.2, 0.25) is 0 Å². The summed E-state index contributed by atoms with van der Waals surface area (Å²) in [5.41, 5.74) is -0.0975. The smallest absolute Gasteiger partial charge is 0.170 e. The third kappa shape index (κ3) is 4.74. The highest BCUT2D eigenvalue weighted by Crippen LogP contribution is 2.50. The van der Waals surface area contributed by atoms with Gasteiger partial charge in [0.25, 0.3) is 0 Å². The van der Waals surface area contributed by atoms with Gasteiger partial charge in [-0.2, -0.15) is 0 Å². The summed E-state index contributed by atoms with van der Waals surface area (Å²) >= 11 is 0. The van der Waals surface area contributed by atoms with Crippen LogP contribution in [0.1, 0.15) is 82.1 Å². The van der Waals surface area contributed by atoms with Gasteiger partial charge in [-0.25, -0.2) is 0 Å². The Bertz CT molecular complexity index is 1440. The molecule has 0 aliphatic carbocycles. The van der Waals surface area contributed by atoms with Crippen molar-refractivity contribution in [2.75, 3.05) is 0 Å². The average Bonchev–Trinajstić information content (AvgIpc) is 2.85. The van der Waals surface area contributed by atoms with Crippen LogP contribution in [0, 0.1) is 6.92 Å². The maximum absolute atomic E-state index is 13.5. The molecule has 4 rings (SSSR count). The summed E-state index contributed by atoms with van der Waals surface area (Å²) in [5.74, 6) is -3.44. The zero-order chi connectivity index (χ0) is 27.9. The van der Waals surface area contributed by atoms with E-state index in [1.165, 1.54) is 6.92 Å². The van der Waals surface area contributed by atoms with Crippen LogP contribution in [0.2, 0.25) is 0 Å². The lowest BCUT2D eigenvalue weighted by Gasteiger charge is -2.35. The Labute approximate surface area is 220 Å². The van der Waals surface area contributed by atoms with Crippen LogP contribution in [-0.2, 0) is 19.3 Å². The minimum absolute atomic E-state index is 0.0378. The monoisotopic (exact) mass is 520 g/mol. The number of hydrogen-bond donors (Lipinski definition) is 5. The van der Waals surface area contributed by atoms with E-state index in [9.17, 15) is 35.1 Å². The highest BCUT2D eigenvalue weighted by molar-refractivity contribution is 6.03. The number of rotatable bonds is 7. The van der Waals surface area contributed by atoms with E-state index < -0.39 is 40.8 Å². The Balaban J connectivity index is 1.87. The molecule has 0 atom stereocenters. The van der Waals surface area contributed by atoms with Gasteiger partial charge >= 0.3 is 0 Å². The highest BCUT2D eigenvalue weighted by atomic mass is 16.5. The molecule has 0 fully saturated rings. The third-order valence-corrected chi connectivity index (χ3v) is 7.17. The molecule has 0 saturated carbocycles. The van der Waals surface area contributed by atoms with E-state index in [2.05, 4.69) is 0 Å². The molecule has 0 unspecified atom stereocenters. The number of phenolic OH excluding ortho intramolecular Hbond substituents is 5. The number of aryl methyl sites for hydroxylation is 1. The summed E-state index contributed by atoms with van der Waals surface area (Å²) in [4.78, 5) is 25.6. The van der Waals surface area contributed by atoms with Crippen LogP contribution in [0.5, 0.6) is 34.5 Å². The fraction of sp³-hybridized carbons (Fsp3) is 0.333. The Morgan fingerprint density at radius 2 is 1.47 bits per heavy atom. The molecule has 8 nitrogen and oxygen atoms in total. The van der Waals surface area contributed by atoms with E-state index in [1.807, 2.05) is 44.2 Å². The van der Waals surface area contributed by atoms with Gasteiger partial charge in [-0.05, 0) is 52.5 Å². The van der Waals surface area contributed by atoms with Gasteiger partial charge in [-0.1, -0.05) is 30.3 Å². The van der Waals surface area contributed by atoms with Crippen LogP contribution in [0.4, 0.5) is 0 Å². The molecule has 8 heteroatoms. The van der Waals surface area contributed by atoms with E-state index in [-0.39, 0.29) is 51.5 Å².